The molecule has 1 aliphatic heterocycles. The standard InChI is InChI=1S/C16H33N3O2/c1-6-17-16(3,15(20)21-5)10-13-18(4)14-8-11-19(7-2)12-9-14/h14,17H,6-13H2,1-5H3. The lowest BCUT2D eigenvalue weighted by atomic mass is 9.96. The van der Waals surface area contributed by atoms with Gasteiger partial charge in [0.05, 0.1) is 7.11 Å². The van der Waals surface area contributed by atoms with Crippen molar-refractivity contribution >= 4 is 5.97 Å². The summed E-state index contributed by atoms with van der Waals surface area (Å²) in [6.07, 6.45) is 3.22. The van der Waals surface area contributed by atoms with E-state index in [1.165, 1.54) is 33.0 Å². The topological polar surface area (TPSA) is 44.8 Å². The first-order valence-corrected chi connectivity index (χ1v) is 8.22. The summed E-state index contributed by atoms with van der Waals surface area (Å²) < 4.78 is 4.95. The highest BCUT2D eigenvalue weighted by molar-refractivity contribution is 5.80. The van der Waals surface area contributed by atoms with Gasteiger partial charge in [0.2, 0.25) is 0 Å². The van der Waals surface area contributed by atoms with Crippen LogP contribution in [0.5, 0.6) is 0 Å². The molecule has 0 amide bonds. The molecule has 1 N–H and O–H groups in total. The summed E-state index contributed by atoms with van der Waals surface area (Å²) in [5, 5.41) is 3.27. The third-order valence-corrected chi connectivity index (χ3v) is 4.80. The fourth-order valence-electron chi connectivity index (χ4n) is 3.14. The second kappa shape index (κ2) is 8.71. The molecule has 1 rings (SSSR count). The normalized spacial score (nSPS) is 20.5. The molecule has 0 aromatic heterocycles. The van der Waals surface area contributed by atoms with Crippen LogP contribution < -0.4 is 5.32 Å². The highest BCUT2D eigenvalue weighted by atomic mass is 16.5. The lowest BCUT2D eigenvalue weighted by Crippen LogP contribution is -2.52. The van der Waals surface area contributed by atoms with E-state index in [1.807, 2.05) is 13.8 Å². The molecule has 5 heteroatoms. The van der Waals surface area contributed by atoms with Crippen LogP contribution in [-0.2, 0) is 9.53 Å². The van der Waals surface area contributed by atoms with E-state index in [1.54, 1.807) is 0 Å². The average Bonchev–Trinajstić information content (AvgIpc) is 2.52. The van der Waals surface area contributed by atoms with Crippen LogP contribution in [0.2, 0.25) is 0 Å². The van der Waals surface area contributed by atoms with Gasteiger partial charge in [0, 0.05) is 12.6 Å². The molecule has 0 aromatic rings. The molecule has 1 heterocycles. The third-order valence-electron chi connectivity index (χ3n) is 4.80. The van der Waals surface area contributed by atoms with Crippen LogP contribution in [0.15, 0.2) is 0 Å². The van der Waals surface area contributed by atoms with Gasteiger partial charge in [-0.3, -0.25) is 4.79 Å². The van der Waals surface area contributed by atoms with Crippen molar-refractivity contribution in [2.24, 2.45) is 0 Å². The molecule has 1 atom stereocenters. The highest BCUT2D eigenvalue weighted by Gasteiger charge is 2.34. The van der Waals surface area contributed by atoms with Gasteiger partial charge in [-0.1, -0.05) is 13.8 Å². The monoisotopic (exact) mass is 299 g/mol. The molecular weight excluding hydrogens is 266 g/mol. The largest absolute Gasteiger partial charge is 0.468 e. The molecule has 5 nitrogen and oxygen atoms in total. The third kappa shape index (κ3) is 5.24. The van der Waals surface area contributed by atoms with E-state index in [4.69, 9.17) is 4.74 Å². The van der Waals surface area contributed by atoms with Gasteiger partial charge in [-0.2, -0.15) is 0 Å². The maximum Gasteiger partial charge on any atom is 0.325 e. The van der Waals surface area contributed by atoms with E-state index >= 15 is 0 Å². The minimum atomic E-state index is -0.581. The van der Waals surface area contributed by atoms with Gasteiger partial charge < -0.3 is 19.9 Å². The maximum atomic E-state index is 12.0. The first kappa shape index (κ1) is 18.4. The molecule has 1 aliphatic rings. The van der Waals surface area contributed by atoms with E-state index in [2.05, 4.69) is 29.1 Å². The fraction of sp³-hybridized carbons (Fsp3) is 0.938. The van der Waals surface area contributed by atoms with E-state index in [-0.39, 0.29) is 5.97 Å². The van der Waals surface area contributed by atoms with Crippen LogP contribution in [0.25, 0.3) is 0 Å². The van der Waals surface area contributed by atoms with E-state index in [0.717, 1.165) is 26.1 Å². The van der Waals surface area contributed by atoms with Gasteiger partial charge in [0.15, 0.2) is 0 Å². The molecule has 0 radical (unpaired) electrons. The number of esters is 1. The SMILES string of the molecule is CCNC(C)(CCN(C)C1CCN(CC)CC1)C(=O)OC. The van der Waals surface area contributed by atoms with E-state index in [9.17, 15) is 4.79 Å². The number of nitrogens with one attached hydrogen (secondary N) is 1. The number of hydrogen-bond acceptors (Lipinski definition) is 5. The van der Waals surface area contributed by atoms with Crippen LogP contribution >= 0.6 is 0 Å². The van der Waals surface area contributed by atoms with Gasteiger partial charge in [-0.15, -0.1) is 0 Å². The Bertz CT molecular complexity index is 317. The van der Waals surface area contributed by atoms with E-state index < -0.39 is 5.54 Å². The summed E-state index contributed by atoms with van der Waals surface area (Å²) in [6, 6.07) is 0.635. The average molecular weight is 299 g/mol. The van der Waals surface area contributed by atoms with Crippen molar-refractivity contribution < 1.29 is 9.53 Å². The Morgan fingerprint density at radius 1 is 1.38 bits per heavy atom. The molecule has 124 valence electrons. The summed E-state index contributed by atoms with van der Waals surface area (Å²) in [5.41, 5.74) is -0.581. The van der Waals surface area contributed by atoms with Gasteiger partial charge in [0.25, 0.3) is 0 Å². The number of ether oxygens (including phenoxy) is 1. The summed E-state index contributed by atoms with van der Waals surface area (Å²) in [5.74, 6) is -0.168. The first-order valence-electron chi connectivity index (χ1n) is 8.22. The number of carbonyl (C=O) groups is 1. The Morgan fingerprint density at radius 2 is 2.00 bits per heavy atom. The van der Waals surface area contributed by atoms with Crippen molar-refractivity contribution in [1.82, 2.24) is 15.1 Å². The zero-order valence-electron chi connectivity index (χ0n) is 14.4. The second-order valence-electron chi connectivity index (χ2n) is 6.25. The number of likely N-dealkylation sites (N-methyl/N-ethyl adjacent to an activating group) is 1. The number of piperidine rings is 1. The van der Waals surface area contributed by atoms with Crippen LogP contribution in [0, 0.1) is 0 Å². The smallest absolute Gasteiger partial charge is 0.325 e. The number of hydrogen-bond donors (Lipinski definition) is 1. The van der Waals surface area contributed by atoms with Crippen LogP contribution in [0.1, 0.15) is 40.0 Å². The van der Waals surface area contributed by atoms with Gasteiger partial charge in [0.1, 0.15) is 5.54 Å². The van der Waals surface area contributed by atoms with Gasteiger partial charge >= 0.3 is 5.97 Å². The maximum absolute atomic E-state index is 12.0. The van der Waals surface area contributed by atoms with Crippen LogP contribution in [0.3, 0.4) is 0 Å². The fourth-order valence-corrected chi connectivity index (χ4v) is 3.14. The predicted molar refractivity (Wildman–Crippen MR) is 86.5 cm³/mol. The molecule has 0 bridgehead atoms. The zero-order chi connectivity index (χ0) is 15.9. The predicted octanol–water partition coefficient (Wildman–Crippen LogP) is 1.33. The quantitative estimate of drug-likeness (QED) is 0.685. The minimum absolute atomic E-state index is 0.168. The molecule has 21 heavy (non-hydrogen) atoms. The molecular formula is C16H33N3O2. The molecule has 0 aliphatic carbocycles. The lowest BCUT2D eigenvalue weighted by Gasteiger charge is -2.37. The summed E-state index contributed by atoms with van der Waals surface area (Å²) in [7, 11) is 3.64. The van der Waals surface area contributed by atoms with Crippen molar-refractivity contribution in [1.29, 1.82) is 0 Å². The van der Waals surface area contributed by atoms with Gasteiger partial charge in [-0.25, -0.2) is 0 Å². The first-order chi connectivity index (χ1) is 9.96. The number of nitrogens with zero attached hydrogens (tertiary/aromatic N) is 2. The number of carbonyl (C=O) groups excluding carboxylic acids is 1. The molecule has 0 spiro atoms. The molecule has 1 saturated heterocycles. The minimum Gasteiger partial charge on any atom is -0.468 e. The Morgan fingerprint density at radius 3 is 2.48 bits per heavy atom. The van der Waals surface area contributed by atoms with Crippen LogP contribution in [0.4, 0.5) is 0 Å². The van der Waals surface area contributed by atoms with E-state index in [0.29, 0.717) is 6.04 Å². The molecule has 1 fully saturated rings. The number of rotatable bonds is 8. The zero-order valence-corrected chi connectivity index (χ0v) is 14.4. The molecule has 0 saturated carbocycles. The van der Waals surface area contributed by atoms with Crippen molar-refractivity contribution in [2.75, 3.05) is 46.9 Å². The summed E-state index contributed by atoms with van der Waals surface area (Å²) in [6.45, 7) is 11.4. The Balaban J connectivity index is 2.46. The van der Waals surface area contributed by atoms with Crippen molar-refractivity contribution in [3.05, 3.63) is 0 Å². The van der Waals surface area contributed by atoms with Crippen molar-refractivity contribution in [2.45, 2.75) is 51.6 Å². The highest BCUT2D eigenvalue weighted by Crippen LogP contribution is 2.18. The summed E-state index contributed by atoms with van der Waals surface area (Å²) >= 11 is 0. The van der Waals surface area contributed by atoms with Crippen LogP contribution in [-0.4, -0.2) is 74.2 Å². The Labute approximate surface area is 130 Å². The lowest BCUT2D eigenvalue weighted by molar-refractivity contribution is -0.148. The second-order valence-corrected chi connectivity index (χ2v) is 6.25. The molecule has 0 aromatic carbocycles. The van der Waals surface area contributed by atoms with Gasteiger partial charge in [-0.05, 0) is 59.4 Å². The van der Waals surface area contributed by atoms with Crippen molar-refractivity contribution in [3.8, 4) is 0 Å². The Kier molecular flexibility index (Phi) is 7.63. The summed E-state index contributed by atoms with van der Waals surface area (Å²) in [4.78, 5) is 16.9. The number of likely N-dealkylation sites (tertiary alicyclic amines) is 1. The molecule has 1 unspecified atom stereocenters. The number of methoxy groups -OCH3 is 1. The Hall–Kier alpha value is -0.650. The van der Waals surface area contributed by atoms with Crippen molar-refractivity contribution in [3.63, 3.8) is 0 Å².